The van der Waals surface area contributed by atoms with E-state index >= 15 is 0 Å². The highest BCUT2D eigenvalue weighted by molar-refractivity contribution is 6.03. The highest BCUT2D eigenvalue weighted by Crippen LogP contribution is 2.33. The number of hydrogen-bond donors (Lipinski definition) is 2. The molecule has 0 aliphatic heterocycles. The van der Waals surface area contributed by atoms with Crippen molar-refractivity contribution in [1.82, 2.24) is 10.5 Å². The summed E-state index contributed by atoms with van der Waals surface area (Å²) in [5.41, 5.74) is 2.39. The molecule has 1 fully saturated rings. The number of anilines is 2. The molecule has 1 aliphatic rings. The van der Waals surface area contributed by atoms with Crippen molar-refractivity contribution < 1.29 is 23.3 Å². The van der Waals surface area contributed by atoms with Crippen molar-refractivity contribution in [1.29, 1.82) is 0 Å². The standard InChI is InChI=1S/C27H32N4O5/c1-17-10-11-18(2)21(15-17)31(25(33)13-12-24(32)29-23-16-19(3)36-30-23)26(22-9-6-14-35-22)27(34)28-20-7-4-5-8-20/h6,9-11,14-16,20,26H,4-5,7-8,12-13H2,1-3H3,(H,28,34)(H,29,30,32)/t26-/m1/s1. The maximum absolute atomic E-state index is 13.7. The van der Waals surface area contributed by atoms with Gasteiger partial charge in [0.25, 0.3) is 5.91 Å². The Morgan fingerprint density at radius 2 is 1.86 bits per heavy atom. The number of nitrogens with one attached hydrogen (secondary N) is 2. The van der Waals surface area contributed by atoms with Gasteiger partial charge in [-0.05, 0) is 62.9 Å². The summed E-state index contributed by atoms with van der Waals surface area (Å²) in [6.45, 7) is 5.54. The average molecular weight is 493 g/mol. The lowest BCUT2D eigenvalue weighted by molar-refractivity contribution is -0.128. The minimum absolute atomic E-state index is 0.0715. The summed E-state index contributed by atoms with van der Waals surface area (Å²) >= 11 is 0. The fourth-order valence-corrected chi connectivity index (χ4v) is 4.54. The second kappa shape index (κ2) is 11.2. The van der Waals surface area contributed by atoms with Gasteiger partial charge in [-0.15, -0.1) is 0 Å². The minimum atomic E-state index is -1.00. The van der Waals surface area contributed by atoms with E-state index in [0.717, 1.165) is 36.8 Å². The lowest BCUT2D eigenvalue weighted by Gasteiger charge is -2.32. The molecular weight excluding hydrogens is 460 g/mol. The third-order valence-electron chi connectivity index (χ3n) is 6.38. The molecule has 1 saturated carbocycles. The normalized spacial score (nSPS) is 14.4. The van der Waals surface area contributed by atoms with Crippen molar-refractivity contribution in [2.75, 3.05) is 10.2 Å². The number of benzene rings is 1. The van der Waals surface area contributed by atoms with Crippen LogP contribution < -0.4 is 15.5 Å². The first-order valence-electron chi connectivity index (χ1n) is 12.3. The van der Waals surface area contributed by atoms with Crippen molar-refractivity contribution in [2.24, 2.45) is 0 Å². The average Bonchev–Trinajstić information content (AvgIpc) is 3.62. The summed E-state index contributed by atoms with van der Waals surface area (Å²) in [6.07, 6.45) is 5.26. The number of carbonyl (C=O) groups excluding carboxylic acids is 3. The Labute approximate surface area is 210 Å². The molecule has 2 heterocycles. The Hall–Kier alpha value is -3.88. The molecule has 0 bridgehead atoms. The first-order valence-corrected chi connectivity index (χ1v) is 12.3. The van der Waals surface area contributed by atoms with Crippen LogP contribution >= 0.6 is 0 Å². The van der Waals surface area contributed by atoms with E-state index in [1.807, 2.05) is 32.0 Å². The van der Waals surface area contributed by atoms with E-state index in [1.54, 1.807) is 25.1 Å². The number of aryl methyl sites for hydroxylation is 3. The summed E-state index contributed by atoms with van der Waals surface area (Å²) in [6, 6.07) is 9.81. The van der Waals surface area contributed by atoms with Gasteiger partial charge >= 0.3 is 0 Å². The smallest absolute Gasteiger partial charge is 0.251 e. The Kier molecular flexibility index (Phi) is 7.87. The maximum atomic E-state index is 13.7. The van der Waals surface area contributed by atoms with Crippen molar-refractivity contribution in [2.45, 2.75) is 71.4 Å². The zero-order chi connectivity index (χ0) is 25.7. The van der Waals surface area contributed by atoms with E-state index < -0.39 is 6.04 Å². The molecule has 1 atom stereocenters. The van der Waals surface area contributed by atoms with Crippen LogP contribution in [-0.2, 0) is 14.4 Å². The van der Waals surface area contributed by atoms with Crippen molar-refractivity contribution in [3.8, 4) is 0 Å². The molecule has 3 amide bonds. The Bertz CT molecular complexity index is 1210. The van der Waals surface area contributed by atoms with Crippen LogP contribution in [0.25, 0.3) is 0 Å². The summed E-state index contributed by atoms with van der Waals surface area (Å²) in [7, 11) is 0. The van der Waals surface area contributed by atoms with E-state index in [-0.39, 0.29) is 36.6 Å². The molecule has 0 spiro atoms. The van der Waals surface area contributed by atoms with Gasteiger partial charge in [-0.1, -0.05) is 30.1 Å². The van der Waals surface area contributed by atoms with E-state index in [4.69, 9.17) is 8.94 Å². The molecule has 1 aromatic carbocycles. The van der Waals surface area contributed by atoms with Crippen LogP contribution in [-0.4, -0.2) is 28.9 Å². The molecule has 0 saturated heterocycles. The lowest BCUT2D eigenvalue weighted by atomic mass is 10.0. The number of hydrogen-bond acceptors (Lipinski definition) is 6. The zero-order valence-electron chi connectivity index (χ0n) is 20.9. The zero-order valence-corrected chi connectivity index (χ0v) is 20.9. The fourth-order valence-electron chi connectivity index (χ4n) is 4.54. The number of furan rings is 1. The van der Waals surface area contributed by atoms with Crippen molar-refractivity contribution in [3.05, 3.63) is 65.3 Å². The molecule has 0 radical (unpaired) electrons. The highest BCUT2D eigenvalue weighted by Gasteiger charge is 2.36. The molecule has 9 nitrogen and oxygen atoms in total. The molecule has 36 heavy (non-hydrogen) atoms. The molecule has 4 rings (SSSR count). The summed E-state index contributed by atoms with van der Waals surface area (Å²) in [5.74, 6) is 0.189. The molecule has 1 aliphatic carbocycles. The van der Waals surface area contributed by atoms with Gasteiger partial charge < -0.3 is 19.6 Å². The quantitative estimate of drug-likeness (QED) is 0.445. The van der Waals surface area contributed by atoms with Crippen LogP contribution in [0, 0.1) is 20.8 Å². The molecule has 190 valence electrons. The van der Waals surface area contributed by atoms with Gasteiger partial charge in [0.1, 0.15) is 11.5 Å². The predicted molar refractivity (Wildman–Crippen MR) is 134 cm³/mol. The number of nitrogens with zero attached hydrogens (tertiary/aromatic N) is 2. The van der Waals surface area contributed by atoms with Crippen LogP contribution in [0.5, 0.6) is 0 Å². The van der Waals surface area contributed by atoms with Gasteiger partial charge in [0.2, 0.25) is 11.8 Å². The van der Waals surface area contributed by atoms with Gasteiger partial charge in [-0.25, -0.2) is 0 Å². The maximum Gasteiger partial charge on any atom is 0.251 e. The van der Waals surface area contributed by atoms with E-state index in [2.05, 4.69) is 15.8 Å². The summed E-state index contributed by atoms with van der Waals surface area (Å²) in [4.78, 5) is 41.3. The molecule has 3 aromatic rings. The lowest BCUT2D eigenvalue weighted by Crippen LogP contribution is -2.46. The number of aromatic nitrogens is 1. The van der Waals surface area contributed by atoms with E-state index in [1.165, 1.54) is 11.2 Å². The third kappa shape index (κ3) is 6.02. The van der Waals surface area contributed by atoms with E-state index in [9.17, 15) is 14.4 Å². The van der Waals surface area contributed by atoms with Crippen molar-refractivity contribution >= 4 is 29.2 Å². The minimum Gasteiger partial charge on any atom is -0.467 e. The summed E-state index contributed by atoms with van der Waals surface area (Å²) in [5, 5.41) is 9.50. The number of carbonyl (C=O) groups is 3. The molecule has 9 heteroatoms. The van der Waals surface area contributed by atoms with Crippen LogP contribution in [0.1, 0.15) is 67.2 Å². The molecule has 2 aromatic heterocycles. The fraction of sp³-hybridized carbons (Fsp3) is 0.407. The SMILES string of the molecule is Cc1ccc(C)c(N(C(=O)CCC(=O)Nc2cc(C)on2)[C@@H](C(=O)NC2CCCC2)c2ccco2)c1. The third-order valence-corrected chi connectivity index (χ3v) is 6.38. The van der Waals surface area contributed by atoms with Gasteiger partial charge in [0.15, 0.2) is 11.9 Å². The second-order valence-corrected chi connectivity index (χ2v) is 9.33. The second-order valence-electron chi connectivity index (χ2n) is 9.33. The first kappa shape index (κ1) is 25.2. The van der Waals surface area contributed by atoms with Crippen molar-refractivity contribution in [3.63, 3.8) is 0 Å². The van der Waals surface area contributed by atoms with Crippen LogP contribution in [0.15, 0.2) is 51.6 Å². The van der Waals surface area contributed by atoms with Crippen LogP contribution in [0.3, 0.4) is 0 Å². The summed E-state index contributed by atoms with van der Waals surface area (Å²) < 4.78 is 10.6. The van der Waals surface area contributed by atoms with E-state index in [0.29, 0.717) is 23.0 Å². The first-order chi connectivity index (χ1) is 17.3. The number of rotatable bonds is 9. The molecule has 0 unspecified atom stereocenters. The Morgan fingerprint density at radius 1 is 1.08 bits per heavy atom. The van der Waals surface area contributed by atoms with Gasteiger partial charge in [0.05, 0.1) is 6.26 Å². The topological polar surface area (TPSA) is 118 Å². The van der Waals surface area contributed by atoms with Gasteiger partial charge in [-0.2, -0.15) is 0 Å². The predicted octanol–water partition coefficient (Wildman–Crippen LogP) is 4.74. The molecule has 2 N–H and O–H groups in total. The van der Waals surface area contributed by atoms with Gasteiger partial charge in [-0.3, -0.25) is 19.3 Å². The Morgan fingerprint density at radius 3 is 2.53 bits per heavy atom. The highest BCUT2D eigenvalue weighted by atomic mass is 16.5. The molecular formula is C27H32N4O5. The van der Waals surface area contributed by atoms with Gasteiger partial charge in [0, 0.05) is 30.6 Å². The van der Waals surface area contributed by atoms with Crippen LogP contribution in [0.4, 0.5) is 11.5 Å². The monoisotopic (exact) mass is 492 g/mol. The van der Waals surface area contributed by atoms with Crippen LogP contribution in [0.2, 0.25) is 0 Å². The largest absolute Gasteiger partial charge is 0.467 e. The number of amides is 3. The Balaban J connectivity index is 1.62.